The number of ether oxygens (including phenoxy) is 1. The molecule has 0 radical (unpaired) electrons. The van der Waals surface area contributed by atoms with Gasteiger partial charge in [0.15, 0.2) is 0 Å². The molecule has 1 aliphatic heterocycles. The van der Waals surface area contributed by atoms with E-state index >= 15 is 0 Å². The van der Waals surface area contributed by atoms with E-state index in [0.717, 1.165) is 19.1 Å². The lowest BCUT2D eigenvalue weighted by Gasteiger charge is -2.39. The largest absolute Gasteiger partial charge is 0.384 e. The molecular weight excluding hydrogens is 188 g/mol. The number of nitrogens with zero attached hydrogens (tertiary/aromatic N) is 1. The minimum atomic E-state index is 0.498. The first-order chi connectivity index (χ1) is 7.19. The first-order valence-electron chi connectivity index (χ1n) is 6.12. The maximum atomic E-state index is 5.87. The molecule has 1 saturated heterocycles. The fraction of sp³-hybridized carbons (Fsp3) is 1.00. The van der Waals surface area contributed by atoms with Crippen molar-refractivity contribution in [3.8, 4) is 0 Å². The third kappa shape index (κ3) is 3.74. The number of nitrogens with two attached hydrogens (primary N) is 1. The van der Waals surface area contributed by atoms with E-state index < -0.39 is 0 Å². The zero-order chi connectivity index (χ0) is 11.3. The summed E-state index contributed by atoms with van der Waals surface area (Å²) in [6.45, 7) is 8.55. The predicted octanol–water partition coefficient (Wildman–Crippen LogP) is 1.33. The molecule has 1 fully saturated rings. The highest BCUT2D eigenvalue weighted by Gasteiger charge is 2.26. The summed E-state index contributed by atoms with van der Waals surface area (Å²) in [6, 6.07) is 0.498. The van der Waals surface area contributed by atoms with Gasteiger partial charge in [0.1, 0.15) is 0 Å². The molecule has 3 heteroatoms. The fourth-order valence-electron chi connectivity index (χ4n) is 2.48. The molecule has 0 bridgehead atoms. The van der Waals surface area contributed by atoms with Gasteiger partial charge in [-0.05, 0) is 37.8 Å². The summed E-state index contributed by atoms with van der Waals surface area (Å²) in [5, 5.41) is 0. The standard InChI is InChI=1S/C12H26N2O/c1-10-4-6-14(7-5-10)12(8-13)11(2)9-15-3/h10-12H,4-9,13H2,1-3H3. The van der Waals surface area contributed by atoms with Crippen molar-refractivity contribution in [3.05, 3.63) is 0 Å². The zero-order valence-corrected chi connectivity index (χ0v) is 10.4. The molecule has 0 aromatic heterocycles. The number of likely N-dealkylation sites (tertiary alicyclic amines) is 1. The average molecular weight is 214 g/mol. The van der Waals surface area contributed by atoms with Gasteiger partial charge in [0.2, 0.25) is 0 Å². The molecule has 2 atom stereocenters. The molecule has 90 valence electrons. The monoisotopic (exact) mass is 214 g/mol. The molecule has 0 amide bonds. The molecule has 1 rings (SSSR count). The summed E-state index contributed by atoms with van der Waals surface area (Å²) >= 11 is 0. The van der Waals surface area contributed by atoms with Gasteiger partial charge in [-0.15, -0.1) is 0 Å². The van der Waals surface area contributed by atoms with Crippen LogP contribution in [0.1, 0.15) is 26.7 Å². The van der Waals surface area contributed by atoms with Crippen LogP contribution in [0.25, 0.3) is 0 Å². The molecule has 0 spiro atoms. The average Bonchev–Trinajstić information content (AvgIpc) is 2.22. The molecule has 0 aromatic carbocycles. The van der Waals surface area contributed by atoms with Crippen LogP contribution < -0.4 is 5.73 Å². The van der Waals surface area contributed by atoms with E-state index in [0.29, 0.717) is 12.0 Å². The lowest BCUT2D eigenvalue weighted by Crippen LogP contribution is -2.49. The zero-order valence-electron chi connectivity index (χ0n) is 10.4. The van der Waals surface area contributed by atoms with Crippen molar-refractivity contribution in [1.29, 1.82) is 0 Å². The first kappa shape index (κ1) is 12.9. The van der Waals surface area contributed by atoms with Gasteiger partial charge in [0, 0.05) is 19.7 Å². The second kappa shape index (κ2) is 6.46. The Morgan fingerprint density at radius 1 is 1.40 bits per heavy atom. The van der Waals surface area contributed by atoms with Gasteiger partial charge in [-0.25, -0.2) is 0 Å². The van der Waals surface area contributed by atoms with Gasteiger partial charge in [-0.2, -0.15) is 0 Å². The summed E-state index contributed by atoms with van der Waals surface area (Å²) in [6.07, 6.45) is 2.63. The molecule has 0 aliphatic carbocycles. The third-order valence-corrected chi connectivity index (χ3v) is 3.62. The van der Waals surface area contributed by atoms with Crippen LogP contribution in [0.3, 0.4) is 0 Å². The van der Waals surface area contributed by atoms with Crippen molar-refractivity contribution >= 4 is 0 Å². The Kier molecular flexibility index (Phi) is 5.58. The van der Waals surface area contributed by atoms with Crippen molar-refractivity contribution in [3.63, 3.8) is 0 Å². The highest BCUT2D eigenvalue weighted by atomic mass is 16.5. The first-order valence-corrected chi connectivity index (χ1v) is 6.12. The molecule has 3 nitrogen and oxygen atoms in total. The smallest absolute Gasteiger partial charge is 0.0503 e. The molecule has 2 N–H and O–H groups in total. The van der Waals surface area contributed by atoms with E-state index in [4.69, 9.17) is 10.5 Å². The Hall–Kier alpha value is -0.120. The second-order valence-electron chi connectivity index (χ2n) is 4.95. The SMILES string of the molecule is COCC(C)C(CN)N1CCC(C)CC1. The Morgan fingerprint density at radius 3 is 2.47 bits per heavy atom. The number of hydrogen-bond donors (Lipinski definition) is 1. The highest BCUT2D eigenvalue weighted by Crippen LogP contribution is 2.21. The number of piperidine rings is 1. The molecule has 1 aliphatic rings. The van der Waals surface area contributed by atoms with Crippen molar-refractivity contribution in [2.24, 2.45) is 17.6 Å². The van der Waals surface area contributed by atoms with E-state index in [9.17, 15) is 0 Å². The van der Waals surface area contributed by atoms with Gasteiger partial charge in [0.05, 0.1) is 6.61 Å². The minimum Gasteiger partial charge on any atom is -0.384 e. The van der Waals surface area contributed by atoms with Crippen molar-refractivity contribution in [2.75, 3.05) is 33.4 Å². The minimum absolute atomic E-state index is 0.498. The van der Waals surface area contributed by atoms with E-state index in [2.05, 4.69) is 18.7 Å². The Morgan fingerprint density at radius 2 is 2.00 bits per heavy atom. The summed E-state index contributed by atoms with van der Waals surface area (Å²) in [4.78, 5) is 2.55. The normalized spacial score (nSPS) is 24.0. The van der Waals surface area contributed by atoms with Crippen molar-refractivity contribution < 1.29 is 4.74 Å². The van der Waals surface area contributed by atoms with Gasteiger partial charge >= 0.3 is 0 Å². The second-order valence-corrected chi connectivity index (χ2v) is 4.95. The summed E-state index contributed by atoms with van der Waals surface area (Å²) < 4.78 is 5.22. The third-order valence-electron chi connectivity index (χ3n) is 3.62. The summed E-state index contributed by atoms with van der Waals surface area (Å²) in [5.74, 6) is 1.42. The Bertz CT molecular complexity index is 167. The van der Waals surface area contributed by atoms with Crippen LogP contribution in [-0.2, 0) is 4.74 Å². The van der Waals surface area contributed by atoms with Gasteiger partial charge in [-0.3, -0.25) is 4.90 Å². The number of methoxy groups -OCH3 is 1. The topological polar surface area (TPSA) is 38.5 Å². The molecule has 1 heterocycles. The van der Waals surface area contributed by atoms with Crippen LogP contribution in [-0.4, -0.2) is 44.3 Å². The van der Waals surface area contributed by atoms with E-state index in [1.54, 1.807) is 7.11 Å². The quantitative estimate of drug-likeness (QED) is 0.750. The summed E-state index contributed by atoms with van der Waals surface area (Å²) in [5.41, 5.74) is 5.87. The lowest BCUT2D eigenvalue weighted by atomic mass is 9.94. The van der Waals surface area contributed by atoms with Gasteiger partial charge in [0.25, 0.3) is 0 Å². The van der Waals surface area contributed by atoms with Crippen LogP contribution in [0.5, 0.6) is 0 Å². The lowest BCUT2D eigenvalue weighted by molar-refractivity contribution is 0.0647. The molecular formula is C12H26N2O. The molecule has 2 unspecified atom stereocenters. The van der Waals surface area contributed by atoms with Crippen LogP contribution in [0.15, 0.2) is 0 Å². The Balaban J connectivity index is 2.43. The van der Waals surface area contributed by atoms with Crippen molar-refractivity contribution in [2.45, 2.75) is 32.7 Å². The van der Waals surface area contributed by atoms with Crippen LogP contribution in [0.2, 0.25) is 0 Å². The van der Waals surface area contributed by atoms with Crippen molar-refractivity contribution in [1.82, 2.24) is 4.90 Å². The molecule has 0 saturated carbocycles. The number of hydrogen-bond acceptors (Lipinski definition) is 3. The number of rotatable bonds is 5. The van der Waals surface area contributed by atoms with Crippen LogP contribution in [0, 0.1) is 11.8 Å². The Labute approximate surface area is 94.0 Å². The summed E-state index contributed by atoms with van der Waals surface area (Å²) in [7, 11) is 1.77. The maximum Gasteiger partial charge on any atom is 0.0503 e. The van der Waals surface area contributed by atoms with Gasteiger partial charge in [-0.1, -0.05) is 13.8 Å². The van der Waals surface area contributed by atoms with E-state index in [1.807, 2.05) is 0 Å². The molecule has 15 heavy (non-hydrogen) atoms. The van der Waals surface area contributed by atoms with Gasteiger partial charge < -0.3 is 10.5 Å². The predicted molar refractivity (Wildman–Crippen MR) is 63.9 cm³/mol. The molecule has 0 aromatic rings. The van der Waals surface area contributed by atoms with Crippen LogP contribution >= 0.6 is 0 Å². The van der Waals surface area contributed by atoms with Crippen LogP contribution in [0.4, 0.5) is 0 Å². The fourth-order valence-corrected chi connectivity index (χ4v) is 2.48. The van der Waals surface area contributed by atoms with E-state index in [-0.39, 0.29) is 0 Å². The highest BCUT2D eigenvalue weighted by molar-refractivity contribution is 4.81. The maximum absolute atomic E-state index is 5.87. The van der Waals surface area contributed by atoms with E-state index in [1.165, 1.54) is 25.9 Å².